The number of rotatable bonds is 8. The van der Waals surface area contributed by atoms with Gasteiger partial charge in [-0.3, -0.25) is 9.69 Å². The van der Waals surface area contributed by atoms with Gasteiger partial charge in [-0.15, -0.1) is 0 Å². The standard InChI is InChI=1S/C20H22N4O6S/c1-3-19-21-18(22-30-19)11-24-16-10-15(6-7-17(16)29-12-20(24)25)31(26,27)23-13(2)9-14-5-4-8-28-14/h4-8,10,13,23H,3,9,11-12H2,1-2H3. The molecule has 1 atom stereocenters. The number of amides is 1. The molecular formula is C20H22N4O6S. The third kappa shape index (κ3) is 4.62. The second-order valence-electron chi connectivity index (χ2n) is 7.16. The highest BCUT2D eigenvalue weighted by Gasteiger charge is 2.29. The van der Waals surface area contributed by atoms with Crippen molar-refractivity contribution in [2.45, 2.75) is 44.2 Å². The molecule has 0 fully saturated rings. The summed E-state index contributed by atoms with van der Waals surface area (Å²) < 4.78 is 44.3. The molecule has 3 aromatic rings. The fourth-order valence-electron chi connectivity index (χ4n) is 3.27. The van der Waals surface area contributed by atoms with Gasteiger partial charge >= 0.3 is 0 Å². The number of sulfonamides is 1. The van der Waals surface area contributed by atoms with E-state index in [0.29, 0.717) is 41.8 Å². The molecule has 4 rings (SSSR count). The van der Waals surface area contributed by atoms with E-state index in [1.165, 1.54) is 23.1 Å². The van der Waals surface area contributed by atoms with Crippen LogP contribution in [0.2, 0.25) is 0 Å². The van der Waals surface area contributed by atoms with Crippen LogP contribution in [0.25, 0.3) is 0 Å². The number of aryl methyl sites for hydroxylation is 1. The van der Waals surface area contributed by atoms with E-state index in [1.54, 1.807) is 25.3 Å². The van der Waals surface area contributed by atoms with Crippen LogP contribution < -0.4 is 14.4 Å². The molecule has 0 radical (unpaired) electrons. The molecule has 31 heavy (non-hydrogen) atoms. The number of hydrogen-bond acceptors (Lipinski definition) is 8. The predicted octanol–water partition coefficient (Wildman–Crippen LogP) is 2.06. The van der Waals surface area contributed by atoms with Gasteiger partial charge in [0, 0.05) is 18.9 Å². The summed E-state index contributed by atoms with van der Waals surface area (Å²) in [6.07, 6.45) is 2.52. The molecule has 0 bridgehead atoms. The normalized spacial score (nSPS) is 14.9. The molecule has 10 nitrogen and oxygen atoms in total. The van der Waals surface area contributed by atoms with Crippen molar-refractivity contribution in [3.05, 3.63) is 54.1 Å². The van der Waals surface area contributed by atoms with Gasteiger partial charge in [-0.05, 0) is 37.3 Å². The Morgan fingerprint density at radius 1 is 1.29 bits per heavy atom. The van der Waals surface area contributed by atoms with Crippen LogP contribution in [0.5, 0.6) is 5.75 Å². The Kier molecular flexibility index (Phi) is 5.79. The molecule has 0 spiro atoms. The summed E-state index contributed by atoms with van der Waals surface area (Å²) in [5.41, 5.74) is 0.334. The molecule has 11 heteroatoms. The summed E-state index contributed by atoms with van der Waals surface area (Å²) in [7, 11) is -3.84. The molecule has 1 N–H and O–H groups in total. The van der Waals surface area contributed by atoms with Crippen molar-refractivity contribution in [3.8, 4) is 5.75 Å². The second-order valence-corrected chi connectivity index (χ2v) is 8.88. The molecule has 0 saturated heterocycles. The van der Waals surface area contributed by atoms with E-state index in [9.17, 15) is 13.2 Å². The number of carbonyl (C=O) groups excluding carboxylic acids is 1. The van der Waals surface area contributed by atoms with Gasteiger partial charge in [-0.2, -0.15) is 4.98 Å². The lowest BCUT2D eigenvalue weighted by atomic mass is 10.2. The first-order valence-corrected chi connectivity index (χ1v) is 11.3. The Morgan fingerprint density at radius 2 is 2.13 bits per heavy atom. The maximum Gasteiger partial charge on any atom is 0.265 e. The van der Waals surface area contributed by atoms with Gasteiger partial charge in [0.25, 0.3) is 5.91 Å². The third-order valence-corrected chi connectivity index (χ3v) is 6.33. The van der Waals surface area contributed by atoms with Gasteiger partial charge in [0.2, 0.25) is 15.9 Å². The number of benzene rings is 1. The van der Waals surface area contributed by atoms with Crippen molar-refractivity contribution in [3.63, 3.8) is 0 Å². The Hall–Kier alpha value is -3.18. The predicted molar refractivity (Wildman–Crippen MR) is 109 cm³/mol. The monoisotopic (exact) mass is 446 g/mol. The number of carbonyl (C=O) groups is 1. The molecular weight excluding hydrogens is 424 g/mol. The summed E-state index contributed by atoms with van der Waals surface area (Å²) in [4.78, 5) is 18.1. The van der Waals surface area contributed by atoms with Crippen molar-refractivity contribution in [2.24, 2.45) is 0 Å². The average molecular weight is 446 g/mol. The van der Waals surface area contributed by atoms with E-state index in [0.717, 1.165) is 0 Å². The number of hydrogen-bond donors (Lipinski definition) is 1. The van der Waals surface area contributed by atoms with Gasteiger partial charge in [0.05, 0.1) is 23.4 Å². The maximum atomic E-state index is 12.9. The van der Waals surface area contributed by atoms with Crippen LogP contribution in [0.15, 0.2) is 50.4 Å². The first-order valence-electron chi connectivity index (χ1n) is 9.79. The Balaban J connectivity index is 1.58. The summed E-state index contributed by atoms with van der Waals surface area (Å²) in [5, 5.41) is 3.87. The number of nitrogens with zero attached hydrogens (tertiary/aromatic N) is 3. The molecule has 1 amide bonds. The summed E-state index contributed by atoms with van der Waals surface area (Å²) in [6.45, 7) is 3.52. The Morgan fingerprint density at radius 3 is 2.84 bits per heavy atom. The van der Waals surface area contributed by atoms with E-state index >= 15 is 0 Å². The van der Waals surface area contributed by atoms with Crippen LogP contribution in [0.4, 0.5) is 5.69 Å². The van der Waals surface area contributed by atoms with Crippen molar-refractivity contribution < 1.29 is 26.9 Å². The molecule has 1 aromatic carbocycles. The smallest absolute Gasteiger partial charge is 0.265 e. The molecule has 1 unspecified atom stereocenters. The van der Waals surface area contributed by atoms with Crippen molar-refractivity contribution in [1.29, 1.82) is 0 Å². The minimum Gasteiger partial charge on any atom is -0.482 e. The highest BCUT2D eigenvalue weighted by Crippen LogP contribution is 2.35. The summed E-state index contributed by atoms with van der Waals surface area (Å²) in [5.74, 6) is 1.54. The van der Waals surface area contributed by atoms with Crippen molar-refractivity contribution in [1.82, 2.24) is 14.9 Å². The zero-order valence-corrected chi connectivity index (χ0v) is 17.9. The van der Waals surface area contributed by atoms with E-state index < -0.39 is 16.1 Å². The summed E-state index contributed by atoms with van der Waals surface area (Å²) >= 11 is 0. The topological polar surface area (TPSA) is 128 Å². The van der Waals surface area contributed by atoms with Crippen LogP contribution in [-0.4, -0.2) is 37.1 Å². The first kappa shape index (κ1) is 21.1. The average Bonchev–Trinajstić information content (AvgIpc) is 3.41. The van der Waals surface area contributed by atoms with Crippen LogP contribution in [0.3, 0.4) is 0 Å². The Labute approximate surface area is 179 Å². The van der Waals surface area contributed by atoms with Crippen LogP contribution in [0, 0.1) is 0 Å². The number of fused-ring (bicyclic) bond motifs is 1. The number of anilines is 1. The fourth-order valence-corrected chi connectivity index (χ4v) is 4.53. The molecule has 164 valence electrons. The van der Waals surface area contributed by atoms with E-state index in [1.807, 2.05) is 6.92 Å². The summed E-state index contributed by atoms with van der Waals surface area (Å²) in [6, 6.07) is 7.53. The number of furan rings is 1. The highest BCUT2D eigenvalue weighted by molar-refractivity contribution is 7.89. The number of ether oxygens (including phenoxy) is 1. The minimum absolute atomic E-state index is 0.0169. The van der Waals surface area contributed by atoms with E-state index in [4.69, 9.17) is 13.7 Å². The van der Waals surface area contributed by atoms with Gasteiger partial charge < -0.3 is 13.7 Å². The number of nitrogens with one attached hydrogen (secondary N) is 1. The van der Waals surface area contributed by atoms with Crippen LogP contribution in [-0.2, 0) is 34.2 Å². The zero-order valence-electron chi connectivity index (χ0n) is 17.1. The van der Waals surface area contributed by atoms with Gasteiger partial charge in [-0.25, -0.2) is 13.1 Å². The van der Waals surface area contributed by atoms with Crippen LogP contribution >= 0.6 is 0 Å². The highest BCUT2D eigenvalue weighted by atomic mass is 32.2. The largest absolute Gasteiger partial charge is 0.482 e. The van der Waals surface area contributed by atoms with Gasteiger partial charge in [0.1, 0.15) is 11.5 Å². The van der Waals surface area contributed by atoms with Crippen molar-refractivity contribution >= 4 is 21.6 Å². The fraction of sp³-hybridized carbons (Fsp3) is 0.350. The zero-order chi connectivity index (χ0) is 22.0. The Bertz CT molecular complexity index is 1170. The lowest BCUT2D eigenvalue weighted by molar-refractivity contribution is -0.121. The van der Waals surface area contributed by atoms with E-state index in [2.05, 4.69) is 14.9 Å². The van der Waals surface area contributed by atoms with Gasteiger partial charge in [-0.1, -0.05) is 12.1 Å². The molecule has 1 aliphatic heterocycles. The first-order chi connectivity index (χ1) is 14.9. The van der Waals surface area contributed by atoms with Crippen LogP contribution in [0.1, 0.15) is 31.3 Å². The molecule has 0 saturated carbocycles. The molecule has 0 aliphatic carbocycles. The quantitative estimate of drug-likeness (QED) is 0.557. The molecule has 1 aliphatic rings. The van der Waals surface area contributed by atoms with Gasteiger partial charge in [0.15, 0.2) is 12.4 Å². The maximum absolute atomic E-state index is 12.9. The number of aromatic nitrogens is 2. The van der Waals surface area contributed by atoms with E-state index in [-0.39, 0.29) is 24.0 Å². The second kappa shape index (κ2) is 8.52. The lowest BCUT2D eigenvalue weighted by Crippen LogP contribution is -2.39. The third-order valence-electron chi connectivity index (χ3n) is 4.74. The molecule has 3 heterocycles. The minimum atomic E-state index is -3.84. The SMILES string of the molecule is CCc1nc(CN2C(=O)COc3ccc(S(=O)(=O)NC(C)Cc4ccco4)cc32)no1. The molecule has 2 aromatic heterocycles. The lowest BCUT2D eigenvalue weighted by Gasteiger charge is -2.29. The van der Waals surface area contributed by atoms with Crippen molar-refractivity contribution in [2.75, 3.05) is 11.5 Å².